The molecular weight excluding hydrogens is 388 g/mol. The van der Waals surface area contributed by atoms with E-state index >= 15 is 0 Å². The summed E-state index contributed by atoms with van der Waals surface area (Å²) in [7, 11) is 1.65. The summed E-state index contributed by atoms with van der Waals surface area (Å²) < 4.78 is 7.02. The number of benzene rings is 2. The van der Waals surface area contributed by atoms with Crippen molar-refractivity contribution in [2.24, 2.45) is 0 Å². The molecule has 2 atom stereocenters. The van der Waals surface area contributed by atoms with Gasteiger partial charge in [0.05, 0.1) is 7.11 Å². The molecule has 0 amide bonds. The Balaban J connectivity index is 1.55. The fraction of sp³-hybridized carbons (Fsp3) is 0.227. The fourth-order valence-electron chi connectivity index (χ4n) is 4.22. The number of anilines is 1. The lowest BCUT2D eigenvalue weighted by molar-refractivity contribution is -0.116. The summed E-state index contributed by atoms with van der Waals surface area (Å²) in [4.78, 5) is 17.6. The molecule has 0 fully saturated rings. The van der Waals surface area contributed by atoms with Crippen LogP contribution in [0.4, 0.5) is 5.95 Å². The molecule has 0 unspecified atom stereocenters. The Morgan fingerprint density at radius 2 is 1.79 bits per heavy atom. The molecule has 0 saturated carbocycles. The molecule has 6 nitrogen and oxygen atoms in total. The molecule has 5 rings (SSSR count). The number of Topliss-reactive ketones (excluding diaryl/α,β-unsaturated/α-hetero) is 1. The van der Waals surface area contributed by atoms with Crippen LogP contribution >= 0.6 is 11.6 Å². The Labute approximate surface area is 173 Å². The van der Waals surface area contributed by atoms with Crippen molar-refractivity contribution in [2.45, 2.75) is 24.8 Å². The first-order chi connectivity index (χ1) is 14.1. The maximum Gasteiger partial charge on any atom is 0.226 e. The van der Waals surface area contributed by atoms with Crippen LogP contribution in [0.5, 0.6) is 5.75 Å². The highest BCUT2D eigenvalue weighted by Crippen LogP contribution is 2.44. The lowest BCUT2D eigenvalue weighted by Gasteiger charge is -2.35. The van der Waals surface area contributed by atoms with Crippen molar-refractivity contribution in [3.05, 3.63) is 82.3 Å². The van der Waals surface area contributed by atoms with Crippen LogP contribution in [-0.4, -0.2) is 27.7 Å². The van der Waals surface area contributed by atoms with Gasteiger partial charge < -0.3 is 10.1 Å². The molecule has 1 aromatic heterocycles. The molecule has 2 aliphatic rings. The SMILES string of the molecule is COc1ccc([C@H]2CC(=O)C3=C(C2)Nc2ncnn2[C@@H]3c2ccc(Cl)cc2)cc1. The van der Waals surface area contributed by atoms with Gasteiger partial charge in [0.25, 0.3) is 0 Å². The van der Waals surface area contributed by atoms with Gasteiger partial charge in [-0.05, 0) is 47.7 Å². The summed E-state index contributed by atoms with van der Waals surface area (Å²) in [5.74, 6) is 1.69. The summed E-state index contributed by atoms with van der Waals surface area (Å²) in [6.45, 7) is 0. The molecule has 2 aromatic carbocycles. The Bertz CT molecular complexity index is 1100. The molecular formula is C22H19ClN4O2. The maximum atomic E-state index is 13.3. The van der Waals surface area contributed by atoms with E-state index in [9.17, 15) is 4.79 Å². The zero-order valence-corrected chi connectivity index (χ0v) is 16.6. The van der Waals surface area contributed by atoms with E-state index in [2.05, 4.69) is 15.4 Å². The molecule has 1 N–H and O–H groups in total. The van der Waals surface area contributed by atoms with Crippen LogP contribution in [0, 0.1) is 0 Å². The standard InChI is InChI=1S/C22H19ClN4O2/c1-29-17-8-4-13(5-9-17)15-10-18-20(19(28)11-15)21(14-2-6-16(23)7-3-14)27-22(26-18)24-12-25-27/h2-9,12,15,21H,10-11H2,1H3,(H,24,25,26)/t15-,21-/m1/s1. The van der Waals surface area contributed by atoms with E-state index in [1.165, 1.54) is 6.33 Å². The number of methoxy groups -OCH3 is 1. The highest BCUT2D eigenvalue weighted by Gasteiger charge is 2.39. The molecule has 146 valence electrons. The third-order valence-electron chi connectivity index (χ3n) is 5.63. The first kappa shape index (κ1) is 17.9. The Hall–Kier alpha value is -3.12. The number of halogens is 1. The van der Waals surface area contributed by atoms with Gasteiger partial charge in [0.1, 0.15) is 18.1 Å². The monoisotopic (exact) mass is 406 g/mol. The summed E-state index contributed by atoms with van der Waals surface area (Å²) in [5, 5.41) is 8.37. The molecule has 2 heterocycles. The molecule has 1 aliphatic heterocycles. The van der Waals surface area contributed by atoms with Gasteiger partial charge in [-0.25, -0.2) is 4.68 Å². The predicted molar refractivity (Wildman–Crippen MR) is 110 cm³/mol. The third kappa shape index (κ3) is 3.09. The average molecular weight is 407 g/mol. The van der Waals surface area contributed by atoms with Gasteiger partial charge in [0, 0.05) is 22.7 Å². The molecule has 3 aromatic rings. The number of carbonyl (C=O) groups is 1. The van der Waals surface area contributed by atoms with Crippen LogP contribution in [0.15, 0.2) is 66.1 Å². The van der Waals surface area contributed by atoms with Crippen LogP contribution in [0.2, 0.25) is 5.02 Å². The van der Waals surface area contributed by atoms with Gasteiger partial charge in [-0.2, -0.15) is 10.1 Å². The quantitative estimate of drug-likeness (QED) is 0.700. The highest BCUT2D eigenvalue weighted by molar-refractivity contribution is 6.30. The summed E-state index contributed by atoms with van der Waals surface area (Å²) in [6, 6.07) is 15.2. The Morgan fingerprint density at radius 1 is 1.07 bits per heavy atom. The number of ether oxygens (including phenoxy) is 1. The van der Waals surface area contributed by atoms with Crippen molar-refractivity contribution < 1.29 is 9.53 Å². The van der Waals surface area contributed by atoms with Crippen LogP contribution in [0.3, 0.4) is 0 Å². The summed E-state index contributed by atoms with van der Waals surface area (Å²) >= 11 is 6.07. The first-order valence-electron chi connectivity index (χ1n) is 9.46. The van der Waals surface area contributed by atoms with Crippen molar-refractivity contribution >= 4 is 23.3 Å². The molecule has 1 aliphatic carbocycles. The summed E-state index contributed by atoms with van der Waals surface area (Å²) in [5.41, 5.74) is 3.77. The van der Waals surface area contributed by atoms with Gasteiger partial charge in [0.15, 0.2) is 5.78 Å². The minimum Gasteiger partial charge on any atom is -0.497 e. The van der Waals surface area contributed by atoms with Crippen molar-refractivity contribution in [1.29, 1.82) is 0 Å². The lowest BCUT2D eigenvalue weighted by Crippen LogP contribution is -2.33. The largest absolute Gasteiger partial charge is 0.497 e. The second-order valence-corrected chi connectivity index (χ2v) is 7.74. The van der Waals surface area contributed by atoms with E-state index in [1.54, 1.807) is 11.8 Å². The molecule has 0 spiro atoms. The average Bonchev–Trinajstić information content (AvgIpc) is 3.21. The normalized spacial score (nSPS) is 20.7. The predicted octanol–water partition coefficient (Wildman–Crippen LogP) is 4.36. The molecule has 0 bridgehead atoms. The number of hydrogen-bond acceptors (Lipinski definition) is 5. The van der Waals surface area contributed by atoms with Crippen LogP contribution in [0.25, 0.3) is 0 Å². The topological polar surface area (TPSA) is 69.0 Å². The zero-order valence-electron chi connectivity index (χ0n) is 15.8. The molecule has 29 heavy (non-hydrogen) atoms. The van der Waals surface area contributed by atoms with Crippen molar-refractivity contribution in [2.75, 3.05) is 12.4 Å². The molecule has 0 saturated heterocycles. The minimum atomic E-state index is -0.301. The van der Waals surface area contributed by atoms with Gasteiger partial charge in [-0.15, -0.1) is 0 Å². The number of hydrogen-bond donors (Lipinski definition) is 1. The van der Waals surface area contributed by atoms with E-state index in [0.29, 0.717) is 17.4 Å². The van der Waals surface area contributed by atoms with Crippen molar-refractivity contribution in [3.63, 3.8) is 0 Å². The number of carbonyl (C=O) groups excluding carboxylic acids is 1. The second-order valence-electron chi connectivity index (χ2n) is 7.30. The maximum absolute atomic E-state index is 13.3. The smallest absolute Gasteiger partial charge is 0.226 e. The first-order valence-corrected chi connectivity index (χ1v) is 9.84. The summed E-state index contributed by atoms with van der Waals surface area (Å²) in [6.07, 6.45) is 2.71. The van der Waals surface area contributed by atoms with Gasteiger partial charge in [-0.1, -0.05) is 35.9 Å². The number of nitrogens with one attached hydrogen (secondary N) is 1. The fourth-order valence-corrected chi connectivity index (χ4v) is 4.34. The van der Waals surface area contributed by atoms with Gasteiger partial charge >= 0.3 is 0 Å². The molecule has 7 heteroatoms. The second kappa shape index (κ2) is 7.04. The van der Waals surface area contributed by atoms with Crippen molar-refractivity contribution in [1.82, 2.24) is 14.8 Å². The lowest BCUT2D eigenvalue weighted by atomic mass is 9.78. The van der Waals surface area contributed by atoms with Crippen LogP contribution in [0.1, 0.15) is 35.9 Å². The number of rotatable bonds is 3. The van der Waals surface area contributed by atoms with E-state index in [1.807, 2.05) is 48.5 Å². The minimum absolute atomic E-state index is 0.111. The number of nitrogens with zero attached hydrogens (tertiary/aromatic N) is 3. The van der Waals surface area contributed by atoms with Gasteiger partial charge in [0.2, 0.25) is 5.95 Å². The van der Waals surface area contributed by atoms with Crippen LogP contribution < -0.4 is 10.1 Å². The van der Waals surface area contributed by atoms with E-state index in [4.69, 9.17) is 16.3 Å². The van der Waals surface area contributed by atoms with E-state index in [0.717, 1.165) is 34.6 Å². The Kier molecular flexibility index (Phi) is 4.36. The van der Waals surface area contributed by atoms with Crippen molar-refractivity contribution in [3.8, 4) is 5.75 Å². The molecule has 0 radical (unpaired) electrons. The van der Waals surface area contributed by atoms with E-state index in [-0.39, 0.29) is 17.7 Å². The Morgan fingerprint density at radius 3 is 2.52 bits per heavy atom. The van der Waals surface area contributed by atoms with Crippen LogP contribution in [-0.2, 0) is 4.79 Å². The zero-order chi connectivity index (χ0) is 20.0. The number of allylic oxidation sites excluding steroid dienone is 2. The number of ketones is 1. The van der Waals surface area contributed by atoms with Gasteiger partial charge in [-0.3, -0.25) is 4.79 Å². The number of fused-ring (bicyclic) bond motifs is 1. The third-order valence-corrected chi connectivity index (χ3v) is 5.89. The number of aromatic nitrogens is 3. The highest BCUT2D eigenvalue weighted by atomic mass is 35.5. The van der Waals surface area contributed by atoms with E-state index < -0.39 is 0 Å².